The maximum atomic E-state index is 13.6. The highest BCUT2D eigenvalue weighted by atomic mass is 16.5. The molecule has 27 heavy (non-hydrogen) atoms. The first kappa shape index (κ1) is 18.3. The predicted octanol–water partition coefficient (Wildman–Crippen LogP) is 4.00. The summed E-state index contributed by atoms with van der Waals surface area (Å²) in [6.45, 7) is 7.42. The van der Waals surface area contributed by atoms with Crippen LogP contribution in [0, 0.1) is 23.2 Å². The van der Waals surface area contributed by atoms with E-state index in [4.69, 9.17) is 4.74 Å². The zero-order valence-electron chi connectivity index (χ0n) is 16.2. The van der Waals surface area contributed by atoms with E-state index >= 15 is 0 Å². The second kappa shape index (κ2) is 7.14. The smallest absolute Gasteiger partial charge is 0.229 e. The van der Waals surface area contributed by atoms with Gasteiger partial charge in [-0.15, -0.1) is 0 Å². The molecule has 4 heteroatoms. The molecule has 4 nitrogen and oxygen atoms in total. The third kappa shape index (κ3) is 3.19. The number of ketones is 1. The van der Waals surface area contributed by atoms with E-state index in [1.807, 2.05) is 36.1 Å². The van der Waals surface area contributed by atoms with E-state index < -0.39 is 0 Å². The van der Waals surface area contributed by atoms with Gasteiger partial charge in [0.2, 0.25) is 5.91 Å². The largest absolute Gasteiger partial charge is 0.489 e. The summed E-state index contributed by atoms with van der Waals surface area (Å²) in [5.41, 5.74) is 0.715. The number of nitrogens with zero attached hydrogens (tertiary/aromatic N) is 1. The van der Waals surface area contributed by atoms with Crippen molar-refractivity contribution in [3.63, 3.8) is 0 Å². The van der Waals surface area contributed by atoms with Crippen molar-refractivity contribution in [1.82, 2.24) is 4.90 Å². The van der Waals surface area contributed by atoms with Gasteiger partial charge in [0.15, 0.2) is 0 Å². The normalized spacial score (nSPS) is 31.0. The van der Waals surface area contributed by atoms with Gasteiger partial charge in [0.1, 0.15) is 18.1 Å². The molecule has 0 aliphatic heterocycles. The molecule has 1 aromatic carbocycles. The highest BCUT2D eigenvalue weighted by Gasteiger charge is 2.58. The molecular formula is C23H29NO3. The van der Waals surface area contributed by atoms with E-state index in [1.54, 1.807) is 6.08 Å². The molecule has 4 fully saturated rings. The van der Waals surface area contributed by atoms with Crippen LogP contribution in [0.3, 0.4) is 0 Å². The number of rotatable bonds is 7. The number of benzene rings is 1. The summed E-state index contributed by atoms with van der Waals surface area (Å²) in [6, 6.07) is 7.90. The second-order valence-corrected chi connectivity index (χ2v) is 8.55. The lowest BCUT2D eigenvalue weighted by molar-refractivity contribution is -0.164. The van der Waals surface area contributed by atoms with Gasteiger partial charge in [-0.1, -0.05) is 30.9 Å². The minimum absolute atomic E-state index is 0.127. The summed E-state index contributed by atoms with van der Waals surface area (Å²) in [5.74, 6) is 2.30. The summed E-state index contributed by atoms with van der Waals surface area (Å²) in [6.07, 6.45) is 6.25. The topological polar surface area (TPSA) is 46.6 Å². The van der Waals surface area contributed by atoms with Crippen molar-refractivity contribution in [1.29, 1.82) is 0 Å². The maximum Gasteiger partial charge on any atom is 0.229 e. The van der Waals surface area contributed by atoms with Crippen LogP contribution < -0.4 is 4.74 Å². The van der Waals surface area contributed by atoms with Gasteiger partial charge >= 0.3 is 0 Å². The second-order valence-electron chi connectivity index (χ2n) is 8.55. The molecule has 4 aliphatic carbocycles. The van der Waals surface area contributed by atoms with Crippen LogP contribution in [0.5, 0.6) is 5.75 Å². The van der Waals surface area contributed by atoms with E-state index in [9.17, 15) is 9.59 Å². The van der Waals surface area contributed by atoms with Gasteiger partial charge in [-0.3, -0.25) is 9.59 Å². The maximum absolute atomic E-state index is 13.6. The SMILES string of the molecule is C=CCOc1ccccc1CN(CC)C(=O)C12CC3C[C@H](C1)C(=O)[C@@H](C3)C2. The number of carbonyl (C=O) groups excluding carboxylic acids is 2. The van der Waals surface area contributed by atoms with Crippen molar-refractivity contribution in [2.24, 2.45) is 23.2 Å². The van der Waals surface area contributed by atoms with Crippen LogP contribution in [0.25, 0.3) is 0 Å². The lowest BCUT2D eigenvalue weighted by Gasteiger charge is -2.55. The van der Waals surface area contributed by atoms with Gasteiger partial charge in [-0.2, -0.15) is 0 Å². The van der Waals surface area contributed by atoms with Crippen LogP contribution in [0.2, 0.25) is 0 Å². The van der Waals surface area contributed by atoms with Crippen molar-refractivity contribution < 1.29 is 14.3 Å². The molecule has 0 N–H and O–H groups in total. The summed E-state index contributed by atoms with van der Waals surface area (Å²) in [7, 11) is 0. The molecule has 0 spiro atoms. The highest BCUT2D eigenvalue weighted by Crippen LogP contribution is 2.59. The predicted molar refractivity (Wildman–Crippen MR) is 104 cm³/mol. The fourth-order valence-electron chi connectivity index (χ4n) is 5.80. The van der Waals surface area contributed by atoms with E-state index in [-0.39, 0.29) is 23.2 Å². The van der Waals surface area contributed by atoms with Crippen molar-refractivity contribution in [2.45, 2.75) is 45.6 Å². The standard InChI is InChI=1S/C23H29NO3/c1-3-9-27-20-8-6-5-7-17(20)15-24(4-2)22(26)23-12-16-10-18(13-23)21(25)19(11-16)14-23/h3,5-8,16,18-19H,1,4,9-15H2,2H3/t16?,18-,19+,23?. The van der Waals surface area contributed by atoms with Gasteiger partial charge in [-0.25, -0.2) is 0 Å². The molecule has 0 heterocycles. The first-order valence-corrected chi connectivity index (χ1v) is 10.2. The van der Waals surface area contributed by atoms with Gasteiger partial charge < -0.3 is 9.64 Å². The van der Waals surface area contributed by atoms with Crippen LogP contribution in [0.4, 0.5) is 0 Å². The molecule has 0 aromatic heterocycles. The van der Waals surface area contributed by atoms with E-state index in [2.05, 4.69) is 6.58 Å². The molecule has 1 aromatic rings. The number of hydrogen-bond donors (Lipinski definition) is 0. The lowest BCUT2D eigenvalue weighted by Crippen LogP contribution is -2.57. The van der Waals surface area contributed by atoms with Gasteiger partial charge in [-0.05, 0) is 51.0 Å². The van der Waals surface area contributed by atoms with Crippen LogP contribution in [0.1, 0.15) is 44.6 Å². The molecule has 4 aliphatic rings. The Labute approximate surface area is 161 Å². The molecule has 5 rings (SSSR count). The van der Waals surface area contributed by atoms with Gasteiger partial charge in [0.05, 0.1) is 5.41 Å². The number of amides is 1. The van der Waals surface area contributed by atoms with Gasteiger partial charge in [0, 0.05) is 30.5 Å². The number of carbonyl (C=O) groups is 2. The molecule has 4 saturated carbocycles. The summed E-state index contributed by atoms with van der Waals surface area (Å²) < 4.78 is 5.77. The summed E-state index contributed by atoms with van der Waals surface area (Å²) in [4.78, 5) is 28.1. The fourth-order valence-corrected chi connectivity index (χ4v) is 5.80. The zero-order valence-corrected chi connectivity index (χ0v) is 16.2. The van der Waals surface area contributed by atoms with Crippen LogP contribution in [-0.4, -0.2) is 29.7 Å². The number of para-hydroxylation sites is 1. The third-order valence-electron chi connectivity index (χ3n) is 6.81. The van der Waals surface area contributed by atoms with Crippen LogP contribution in [-0.2, 0) is 16.1 Å². The number of hydrogen-bond acceptors (Lipinski definition) is 3. The molecular weight excluding hydrogens is 338 g/mol. The summed E-state index contributed by atoms with van der Waals surface area (Å²) >= 11 is 0. The molecule has 0 radical (unpaired) electrons. The Hall–Kier alpha value is -2.10. The Kier molecular flexibility index (Phi) is 4.83. The van der Waals surface area contributed by atoms with Gasteiger partial charge in [0.25, 0.3) is 0 Å². The molecule has 1 amide bonds. The Morgan fingerprint density at radius 1 is 1.26 bits per heavy atom. The molecule has 4 atom stereocenters. The number of ether oxygens (including phenoxy) is 1. The molecule has 2 unspecified atom stereocenters. The third-order valence-corrected chi connectivity index (χ3v) is 6.81. The van der Waals surface area contributed by atoms with Crippen LogP contribution >= 0.6 is 0 Å². The monoisotopic (exact) mass is 367 g/mol. The molecule has 4 bridgehead atoms. The van der Waals surface area contributed by atoms with E-state index in [0.29, 0.717) is 31.4 Å². The molecule has 0 saturated heterocycles. The Morgan fingerprint density at radius 3 is 2.63 bits per heavy atom. The highest BCUT2D eigenvalue weighted by molar-refractivity contribution is 5.91. The van der Waals surface area contributed by atoms with Crippen molar-refractivity contribution in [3.05, 3.63) is 42.5 Å². The first-order valence-electron chi connectivity index (χ1n) is 10.2. The minimum atomic E-state index is -0.308. The zero-order chi connectivity index (χ0) is 19.0. The summed E-state index contributed by atoms with van der Waals surface area (Å²) in [5, 5.41) is 0. The average molecular weight is 367 g/mol. The quantitative estimate of drug-likeness (QED) is 0.685. The average Bonchev–Trinajstić information content (AvgIpc) is 2.68. The number of Topliss-reactive ketones (excluding diaryl/α,β-unsaturated/α-hetero) is 1. The Morgan fingerprint density at radius 2 is 1.96 bits per heavy atom. The lowest BCUT2D eigenvalue weighted by atomic mass is 9.48. The van der Waals surface area contributed by atoms with Crippen molar-refractivity contribution in [2.75, 3.05) is 13.2 Å². The van der Waals surface area contributed by atoms with Crippen molar-refractivity contribution in [3.8, 4) is 5.75 Å². The van der Waals surface area contributed by atoms with Crippen molar-refractivity contribution >= 4 is 11.7 Å². The Balaban J connectivity index is 1.54. The van der Waals surface area contributed by atoms with E-state index in [0.717, 1.165) is 43.4 Å². The fraction of sp³-hybridized carbons (Fsp3) is 0.565. The first-order chi connectivity index (χ1) is 13.1. The van der Waals surface area contributed by atoms with Crippen LogP contribution in [0.15, 0.2) is 36.9 Å². The minimum Gasteiger partial charge on any atom is -0.489 e. The molecule has 144 valence electrons. The van der Waals surface area contributed by atoms with E-state index in [1.165, 1.54) is 0 Å². The Bertz CT molecular complexity index is 738.